The molecule has 2 atom stereocenters. The van der Waals surface area contributed by atoms with Gasteiger partial charge in [0.15, 0.2) is 0 Å². The molecular weight excluding hydrogens is 240 g/mol. The van der Waals surface area contributed by atoms with Crippen LogP contribution in [-0.4, -0.2) is 11.5 Å². The molecule has 17 heavy (non-hydrogen) atoms. The summed E-state index contributed by atoms with van der Waals surface area (Å²) in [6.45, 7) is 3.90. The van der Waals surface area contributed by atoms with Gasteiger partial charge in [-0.2, -0.15) is 0 Å². The van der Waals surface area contributed by atoms with Crippen LogP contribution < -0.4 is 5.32 Å². The van der Waals surface area contributed by atoms with Crippen molar-refractivity contribution in [1.29, 1.82) is 0 Å². The first-order valence-corrected chi connectivity index (χ1v) is 6.09. The molecule has 1 aliphatic rings. The Morgan fingerprint density at radius 3 is 2.82 bits per heavy atom. The predicted molar refractivity (Wildman–Crippen MR) is 67.1 cm³/mol. The molecule has 4 nitrogen and oxygen atoms in total. The normalized spacial score (nSPS) is 22.5. The van der Waals surface area contributed by atoms with E-state index in [9.17, 15) is 10.1 Å². The SMILES string of the molecule is CC1CC1CNCc1ccc([N+](=O)[O-])cc1Cl. The van der Waals surface area contributed by atoms with Crippen LogP contribution in [0.4, 0.5) is 5.69 Å². The van der Waals surface area contributed by atoms with Crippen LogP contribution in [-0.2, 0) is 6.54 Å². The van der Waals surface area contributed by atoms with Gasteiger partial charge in [-0.05, 0) is 36.4 Å². The van der Waals surface area contributed by atoms with Gasteiger partial charge < -0.3 is 5.32 Å². The first-order valence-electron chi connectivity index (χ1n) is 5.71. The van der Waals surface area contributed by atoms with Crippen molar-refractivity contribution in [2.75, 3.05) is 6.54 Å². The Morgan fingerprint density at radius 2 is 2.29 bits per heavy atom. The minimum absolute atomic E-state index is 0.0366. The largest absolute Gasteiger partial charge is 0.312 e. The smallest absolute Gasteiger partial charge is 0.270 e. The van der Waals surface area contributed by atoms with Gasteiger partial charge in [0.05, 0.1) is 9.95 Å². The zero-order valence-corrected chi connectivity index (χ0v) is 10.4. The number of rotatable bonds is 5. The van der Waals surface area contributed by atoms with Crippen molar-refractivity contribution in [3.05, 3.63) is 38.9 Å². The van der Waals surface area contributed by atoms with Gasteiger partial charge in [-0.3, -0.25) is 10.1 Å². The molecule has 92 valence electrons. The second-order valence-corrected chi connectivity index (χ2v) is 5.04. The lowest BCUT2D eigenvalue weighted by Gasteiger charge is -2.06. The van der Waals surface area contributed by atoms with Gasteiger partial charge in [0.1, 0.15) is 0 Å². The van der Waals surface area contributed by atoms with E-state index in [1.54, 1.807) is 6.07 Å². The summed E-state index contributed by atoms with van der Waals surface area (Å²) < 4.78 is 0. The van der Waals surface area contributed by atoms with Gasteiger partial charge >= 0.3 is 0 Å². The molecule has 2 unspecified atom stereocenters. The Kier molecular flexibility index (Phi) is 3.64. The summed E-state index contributed by atoms with van der Waals surface area (Å²) in [5, 5.41) is 14.3. The van der Waals surface area contributed by atoms with E-state index in [0.29, 0.717) is 11.6 Å². The number of benzene rings is 1. The summed E-state index contributed by atoms with van der Waals surface area (Å²) in [4.78, 5) is 10.1. The van der Waals surface area contributed by atoms with Gasteiger partial charge in [0.2, 0.25) is 0 Å². The molecule has 1 aromatic rings. The van der Waals surface area contributed by atoms with E-state index in [0.717, 1.165) is 23.9 Å². The van der Waals surface area contributed by atoms with Crippen LogP contribution in [0.1, 0.15) is 18.9 Å². The fourth-order valence-electron chi connectivity index (χ4n) is 1.87. The molecule has 5 heteroatoms. The third kappa shape index (κ3) is 3.17. The minimum atomic E-state index is -0.436. The maximum absolute atomic E-state index is 10.5. The quantitative estimate of drug-likeness (QED) is 0.649. The topological polar surface area (TPSA) is 55.2 Å². The van der Waals surface area contributed by atoms with E-state index >= 15 is 0 Å². The van der Waals surface area contributed by atoms with Gasteiger partial charge in [0.25, 0.3) is 5.69 Å². The van der Waals surface area contributed by atoms with Crippen molar-refractivity contribution in [3.8, 4) is 0 Å². The third-order valence-electron chi connectivity index (χ3n) is 3.25. The monoisotopic (exact) mass is 254 g/mol. The highest BCUT2D eigenvalue weighted by Crippen LogP contribution is 2.36. The standard InChI is InChI=1S/C12H15ClN2O2/c1-8-4-10(8)7-14-6-9-2-3-11(15(16)17)5-12(9)13/h2-3,5,8,10,14H,4,6-7H2,1H3. The number of hydrogen-bond donors (Lipinski definition) is 1. The van der Waals surface area contributed by atoms with E-state index in [4.69, 9.17) is 11.6 Å². The van der Waals surface area contributed by atoms with Crippen LogP contribution in [0.5, 0.6) is 0 Å². The fourth-order valence-corrected chi connectivity index (χ4v) is 2.11. The molecule has 1 saturated carbocycles. The second-order valence-electron chi connectivity index (χ2n) is 4.64. The Morgan fingerprint density at radius 1 is 1.59 bits per heavy atom. The molecule has 0 bridgehead atoms. The van der Waals surface area contributed by atoms with Gasteiger partial charge in [-0.25, -0.2) is 0 Å². The highest BCUT2D eigenvalue weighted by Gasteiger charge is 2.31. The lowest BCUT2D eigenvalue weighted by atomic mass is 10.2. The summed E-state index contributed by atoms with van der Waals surface area (Å²) in [7, 11) is 0. The van der Waals surface area contributed by atoms with Crippen LogP contribution in [0.25, 0.3) is 0 Å². The highest BCUT2D eigenvalue weighted by molar-refractivity contribution is 6.31. The zero-order chi connectivity index (χ0) is 12.4. The molecular formula is C12H15ClN2O2. The first-order chi connectivity index (χ1) is 8.08. The van der Waals surface area contributed by atoms with Crippen molar-refractivity contribution < 1.29 is 4.92 Å². The number of nitrogens with one attached hydrogen (secondary N) is 1. The summed E-state index contributed by atoms with van der Waals surface area (Å²) in [5.74, 6) is 1.61. The lowest BCUT2D eigenvalue weighted by molar-refractivity contribution is -0.384. The zero-order valence-electron chi connectivity index (χ0n) is 9.65. The average Bonchev–Trinajstić information content (AvgIpc) is 2.97. The number of nitrogens with zero attached hydrogens (tertiary/aromatic N) is 1. The number of hydrogen-bond acceptors (Lipinski definition) is 3. The predicted octanol–water partition coefficient (Wildman–Crippen LogP) is 2.99. The van der Waals surface area contributed by atoms with Crippen LogP contribution >= 0.6 is 11.6 Å². The molecule has 0 aromatic heterocycles. The number of nitro groups is 1. The summed E-state index contributed by atoms with van der Waals surface area (Å²) >= 11 is 5.99. The Hall–Kier alpha value is -1.13. The van der Waals surface area contributed by atoms with Crippen molar-refractivity contribution in [3.63, 3.8) is 0 Å². The molecule has 1 aliphatic carbocycles. The molecule has 1 N–H and O–H groups in total. The summed E-state index contributed by atoms with van der Waals surface area (Å²) in [6, 6.07) is 4.60. The molecule has 2 rings (SSSR count). The molecule has 0 aliphatic heterocycles. The van der Waals surface area contributed by atoms with Crippen LogP contribution in [0.2, 0.25) is 5.02 Å². The van der Waals surface area contributed by atoms with Gasteiger partial charge in [-0.15, -0.1) is 0 Å². The van der Waals surface area contributed by atoms with Crippen LogP contribution in [0, 0.1) is 22.0 Å². The third-order valence-corrected chi connectivity index (χ3v) is 3.60. The highest BCUT2D eigenvalue weighted by atomic mass is 35.5. The summed E-state index contributed by atoms with van der Waals surface area (Å²) in [5.41, 5.74) is 0.945. The molecule has 0 heterocycles. The van der Waals surface area contributed by atoms with Crippen molar-refractivity contribution in [1.82, 2.24) is 5.32 Å². The molecule has 1 fully saturated rings. The number of non-ortho nitro benzene ring substituents is 1. The van der Waals surface area contributed by atoms with Crippen molar-refractivity contribution in [2.45, 2.75) is 19.9 Å². The van der Waals surface area contributed by atoms with Gasteiger partial charge in [0, 0.05) is 18.7 Å². The lowest BCUT2D eigenvalue weighted by Crippen LogP contribution is -2.17. The summed E-state index contributed by atoms with van der Waals surface area (Å²) in [6.07, 6.45) is 1.29. The molecule has 0 amide bonds. The van der Waals surface area contributed by atoms with Crippen molar-refractivity contribution >= 4 is 17.3 Å². The molecule has 0 saturated heterocycles. The Labute approximate surface area is 105 Å². The maximum atomic E-state index is 10.5. The Balaban J connectivity index is 1.89. The molecule has 0 spiro atoms. The number of nitro benzene ring substituents is 1. The maximum Gasteiger partial charge on any atom is 0.270 e. The average molecular weight is 255 g/mol. The van der Waals surface area contributed by atoms with E-state index in [2.05, 4.69) is 12.2 Å². The Bertz CT molecular complexity index is 437. The van der Waals surface area contributed by atoms with Crippen LogP contribution in [0.15, 0.2) is 18.2 Å². The fraction of sp³-hybridized carbons (Fsp3) is 0.500. The molecule has 0 radical (unpaired) electrons. The minimum Gasteiger partial charge on any atom is -0.312 e. The first kappa shape index (κ1) is 12.3. The van der Waals surface area contributed by atoms with E-state index in [1.165, 1.54) is 18.6 Å². The van der Waals surface area contributed by atoms with Crippen molar-refractivity contribution in [2.24, 2.45) is 11.8 Å². The van der Waals surface area contributed by atoms with E-state index in [-0.39, 0.29) is 5.69 Å². The van der Waals surface area contributed by atoms with E-state index < -0.39 is 4.92 Å². The molecule has 1 aromatic carbocycles. The number of halogens is 1. The second kappa shape index (κ2) is 5.02. The van der Waals surface area contributed by atoms with Crippen LogP contribution in [0.3, 0.4) is 0 Å². The van der Waals surface area contributed by atoms with E-state index in [1.807, 2.05) is 0 Å². The van der Waals surface area contributed by atoms with Gasteiger partial charge in [-0.1, -0.05) is 18.5 Å².